The van der Waals surface area contributed by atoms with Crippen LogP contribution in [0.15, 0.2) is 36.9 Å². The predicted octanol–water partition coefficient (Wildman–Crippen LogP) is 2.75. The number of esters is 1. The molecule has 0 aromatic heterocycles. The smallest absolute Gasteiger partial charge is 0.441 e. The second-order valence-corrected chi connectivity index (χ2v) is 6.71. The molecule has 0 heterocycles. The SMILES string of the molecule is C=CCOC(=O)C(=[N+]=[N-])C(=O)C[C@@H](NC(=O)OC(C)(C)C)c1ccc(F)cc1. The molecule has 0 bridgehead atoms. The van der Waals surface area contributed by atoms with E-state index in [1.807, 2.05) is 0 Å². The Morgan fingerprint density at radius 1 is 1.29 bits per heavy atom. The van der Waals surface area contributed by atoms with Gasteiger partial charge in [0.1, 0.15) is 18.0 Å². The standard InChI is InChI=1S/C19H22FN3O5/c1-5-10-27-17(25)16(23-21)15(24)11-14(12-6-8-13(20)9-7-12)22-18(26)28-19(2,3)4/h5-9,14H,1,10-11H2,2-4H3,(H,22,26)/t14-/m1/s1. The Hall–Kier alpha value is -3.32. The lowest BCUT2D eigenvalue weighted by atomic mass is 9.99. The van der Waals surface area contributed by atoms with Gasteiger partial charge in [-0.1, -0.05) is 24.8 Å². The fourth-order valence-corrected chi connectivity index (χ4v) is 2.09. The molecule has 1 amide bonds. The number of benzene rings is 1. The van der Waals surface area contributed by atoms with Gasteiger partial charge in [0, 0.05) is 6.42 Å². The average molecular weight is 391 g/mol. The summed E-state index contributed by atoms with van der Waals surface area (Å²) in [6.07, 6.45) is 0.0160. The summed E-state index contributed by atoms with van der Waals surface area (Å²) in [5.74, 6) is -2.53. The molecule has 1 aromatic rings. The van der Waals surface area contributed by atoms with Crippen LogP contribution in [0.5, 0.6) is 0 Å². The minimum atomic E-state index is -1.14. The Morgan fingerprint density at radius 3 is 2.39 bits per heavy atom. The summed E-state index contributed by atoms with van der Waals surface area (Å²) in [5.41, 5.74) is 7.77. The fraction of sp³-hybridized carbons (Fsp3) is 0.368. The third kappa shape index (κ3) is 7.51. The Kier molecular flexibility index (Phi) is 8.22. The summed E-state index contributed by atoms with van der Waals surface area (Å²) in [4.78, 5) is 39.0. The van der Waals surface area contributed by atoms with E-state index in [4.69, 9.17) is 10.3 Å². The number of nitrogens with one attached hydrogen (secondary N) is 1. The molecule has 1 N–H and O–H groups in total. The van der Waals surface area contributed by atoms with Crippen LogP contribution in [0.4, 0.5) is 9.18 Å². The molecule has 0 unspecified atom stereocenters. The lowest BCUT2D eigenvalue weighted by Crippen LogP contribution is -2.37. The van der Waals surface area contributed by atoms with Gasteiger partial charge in [0.15, 0.2) is 0 Å². The molecule has 8 nitrogen and oxygen atoms in total. The number of hydrogen-bond donors (Lipinski definition) is 1. The molecule has 0 aliphatic heterocycles. The van der Waals surface area contributed by atoms with Gasteiger partial charge in [-0.2, -0.15) is 4.79 Å². The number of carbonyl (C=O) groups is 3. The van der Waals surface area contributed by atoms with E-state index in [9.17, 15) is 18.8 Å². The third-order valence-corrected chi connectivity index (χ3v) is 3.24. The Labute approximate surface area is 161 Å². The minimum absolute atomic E-state index is 0.178. The monoisotopic (exact) mass is 391 g/mol. The van der Waals surface area contributed by atoms with Crippen LogP contribution in [0.1, 0.15) is 38.8 Å². The molecule has 1 atom stereocenters. The van der Waals surface area contributed by atoms with Gasteiger partial charge in [0.25, 0.3) is 5.78 Å². The van der Waals surface area contributed by atoms with Gasteiger partial charge in [-0.25, -0.2) is 14.0 Å². The van der Waals surface area contributed by atoms with Crippen molar-refractivity contribution in [2.75, 3.05) is 6.61 Å². The summed E-state index contributed by atoms with van der Waals surface area (Å²) < 4.78 is 23.1. The number of carbonyl (C=O) groups excluding carboxylic acids is 3. The predicted molar refractivity (Wildman–Crippen MR) is 97.9 cm³/mol. The Morgan fingerprint density at radius 2 is 1.89 bits per heavy atom. The minimum Gasteiger partial charge on any atom is -0.453 e. The van der Waals surface area contributed by atoms with E-state index in [2.05, 4.69) is 21.4 Å². The van der Waals surface area contributed by atoms with Crippen molar-refractivity contribution in [2.45, 2.75) is 38.8 Å². The van der Waals surface area contributed by atoms with E-state index in [-0.39, 0.29) is 6.61 Å². The van der Waals surface area contributed by atoms with Crippen LogP contribution in [-0.2, 0) is 19.1 Å². The largest absolute Gasteiger partial charge is 0.453 e. The summed E-state index contributed by atoms with van der Waals surface area (Å²) in [6, 6.07) is 4.09. The molecule has 0 fully saturated rings. The van der Waals surface area contributed by atoms with E-state index in [1.54, 1.807) is 20.8 Å². The van der Waals surface area contributed by atoms with Crippen LogP contribution < -0.4 is 5.32 Å². The number of Topliss-reactive ketones (excluding diaryl/α,β-unsaturated/α-hetero) is 1. The molecule has 0 spiro atoms. The molecule has 1 rings (SSSR count). The maximum absolute atomic E-state index is 13.2. The molecule has 0 saturated heterocycles. The summed E-state index contributed by atoms with van der Waals surface area (Å²) in [7, 11) is 0. The van der Waals surface area contributed by atoms with Crippen LogP contribution in [-0.4, -0.2) is 40.6 Å². The van der Waals surface area contributed by atoms with Crippen molar-refractivity contribution in [1.82, 2.24) is 5.32 Å². The van der Waals surface area contributed by atoms with Gasteiger partial charge in [0.2, 0.25) is 0 Å². The zero-order chi connectivity index (χ0) is 21.3. The number of hydrogen-bond acceptors (Lipinski definition) is 5. The first kappa shape index (κ1) is 22.7. The van der Waals surface area contributed by atoms with Crippen LogP contribution in [0, 0.1) is 5.82 Å². The Bertz CT molecular complexity index is 793. The number of alkyl carbamates (subject to hydrolysis) is 1. The summed E-state index contributed by atoms with van der Waals surface area (Å²) in [5, 5.41) is 2.49. The third-order valence-electron chi connectivity index (χ3n) is 3.24. The first-order valence-electron chi connectivity index (χ1n) is 8.35. The normalized spacial score (nSPS) is 11.6. The highest BCUT2D eigenvalue weighted by atomic mass is 19.1. The number of nitrogens with zero attached hydrogens (tertiary/aromatic N) is 2. The van der Waals surface area contributed by atoms with Crippen LogP contribution >= 0.6 is 0 Å². The van der Waals surface area contributed by atoms with Crippen molar-refractivity contribution in [2.24, 2.45) is 0 Å². The maximum Gasteiger partial charge on any atom is 0.441 e. The quantitative estimate of drug-likeness (QED) is 0.183. The number of amides is 1. The van der Waals surface area contributed by atoms with Crippen molar-refractivity contribution in [3.8, 4) is 0 Å². The molecule has 150 valence electrons. The molecule has 28 heavy (non-hydrogen) atoms. The summed E-state index contributed by atoms with van der Waals surface area (Å²) in [6.45, 7) is 8.18. The number of rotatable bonds is 8. The van der Waals surface area contributed by atoms with Crippen LogP contribution in [0.25, 0.3) is 5.53 Å². The highest BCUT2D eigenvalue weighted by molar-refractivity contribution is 6.62. The van der Waals surface area contributed by atoms with Crippen molar-refractivity contribution in [3.63, 3.8) is 0 Å². The Balaban J connectivity index is 3.04. The molecular weight excluding hydrogens is 369 g/mol. The zero-order valence-corrected chi connectivity index (χ0v) is 15.9. The second kappa shape index (κ2) is 10.1. The second-order valence-electron chi connectivity index (χ2n) is 6.71. The van der Waals surface area contributed by atoms with Crippen molar-refractivity contribution < 1.29 is 33.0 Å². The van der Waals surface area contributed by atoms with Gasteiger partial charge in [0.05, 0.1) is 6.04 Å². The van der Waals surface area contributed by atoms with E-state index in [0.717, 1.165) is 12.1 Å². The molecule has 0 radical (unpaired) electrons. The van der Waals surface area contributed by atoms with E-state index >= 15 is 0 Å². The van der Waals surface area contributed by atoms with Crippen LogP contribution in [0.2, 0.25) is 0 Å². The number of ether oxygens (including phenoxy) is 2. The van der Waals surface area contributed by atoms with E-state index in [1.165, 1.54) is 18.2 Å². The van der Waals surface area contributed by atoms with Gasteiger partial charge < -0.3 is 20.3 Å². The molecule has 0 aliphatic carbocycles. The number of ketones is 1. The topological polar surface area (TPSA) is 118 Å². The highest BCUT2D eigenvalue weighted by Gasteiger charge is 2.34. The molecule has 0 saturated carbocycles. The van der Waals surface area contributed by atoms with E-state index in [0.29, 0.717) is 5.56 Å². The van der Waals surface area contributed by atoms with Crippen molar-refractivity contribution in [1.29, 1.82) is 0 Å². The lowest BCUT2D eigenvalue weighted by molar-refractivity contribution is -0.141. The van der Waals surface area contributed by atoms with Gasteiger partial charge in [-0.05, 0) is 38.5 Å². The van der Waals surface area contributed by atoms with Gasteiger partial charge >= 0.3 is 17.8 Å². The lowest BCUT2D eigenvalue weighted by Gasteiger charge is -2.23. The van der Waals surface area contributed by atoms with Crippen molar-refractivity contribution >= 4 is 23.6 Å². The molecule has 9 heteroatoms. The first-order chi connectivity index (χ1) is 13.1. The number of halogens is 1. The van der Waals surface area contributed by atoms with Gasteiger partial charge in [-0.3, -0.25) is 4.79 Å². The first-order valence-corrected chi connectivity index (χ1v) is 8.35. The maximum atomic E-state index is 13.2. The fourth-order valence-electron chi connectivity index (χ4n) is 2.09. The highest BCUT2D eigenvalue weighted by Crippen LogP contribution is 2.19. The zero-order valence-electron chi connectivity index (χ0n) is 15.9. The van der Waals surface area contributed by atoms with Crippen LogP contribution in [0.3, 0.4) is 0 Å². The molecular formula is C19H22FN3O5. The van der Waals surface area contributed by atoms with Crippen molar-refractivity contribution in [3.05, 3.63) is 53.8 Å². The average Bonchev–Trinajstić information content (AvgIpc) is 2.59. The van der Waals surface area contributed by atoms with Gasteiger partial charge in [-0.15, -0.1) is 0 Å². The van der Waals surface area contributed by atoms with E-state index < -0.39 is 47.4 Å². The molecule has 1 aromatic carbocycles. The molecule has 0 aliphatic rings. The summed E-state index contributed by atoms with van der Waals surface area (Å²) >= 11 is 0.